The van der Waals surface area contributed by atoms with E-state index in [0.717, 1.165) is 12.1 Å². The first kappa shape index (κ1) is 16.5. The number of alkyl halides is 3. The molecule has 0 spiro atoms. The van der Waals surface area contributed by atoms with Crippen LogP contribution in [0.4, 0.5) is 13.2 Å². The molecule has 0 saturated carbocycles. The van der Waals surface area contributed by atoms with Gasteiger partial charge in [0.05, 0.1) is 12.1 Å². The summed E-state index contributed by atoms with van der Waals surface area (Å²) in [7, 11) is 0. The fraction of sp³-hybridized carbons (Fsp3) is 0.286. The molecule has 2 rings (SSSR count). The van der Waals surface area contributed by atoms with E-state index >= 15 is 0 Å². The molecule has 6 nitrogen and oxygen atoms in total. The number of nitrogens with one attached hydrogen (secondary N) is 1. The van der Waals surface area contributed by atoms with Crippen LogP contribution in [0.15, 0.2) is 24.3 Å². The van der Waals surface area contributed by atoms with Crippen LogP contribution >= 0.6 is 0 Å². The Morgan fingerprint density at radius 2 is 2.17 bits per heavy atom. The highest BCUT2D eigenvalue weighted by atomic mass is 19.4. The number of amides is 1. The van der Waals surface area contributed by atoms with Gasteiger partial charge in [0.1, 0.15) is 12.4 Å². The van der Waals surface area contributed by atoms with E-state index < -0.39 is 11.7 Å². The second-order valence-electron chi connectivity index (χ2n) is 4.54. The number of hydrogen-bond donors (Lipinski definition) is 1. The second kappa shape index (κ2) is 6.91. The number of aromatic nitrogens is 4. The van der Waals surface area contributed by atoms with Crippen molar-refractivity contribution in [3.63, 3.8) is 0 Å². The predicted octanol–water partition coefficient (Wildman–Crippen LogP) is 1.17. The van der Waals surface area contributed by atoms with Crippen molar-refractivity contribution in [2.75, 3.05) is 6.54 Å². The summed E-state index contributed by atoms with van der Waals surface area (Å²) in [5.74, 6) is 5.31. The normalized spacial score (nSPS) is 10.8. The number of nitrogens with zero attached hydrogens (tertiary/aromatic N) is 4. The zero-order valence-corrected chi connectivity index (χ0v) is 12.1. The summed E-state index contributed by atoms with van der Waals surface area (Å²) < 4.78 is 39.0. The molecule has 1 N–H and O–H groups in total. The van der Waals surface area contributed by atoms with E-state index in [2.05, 4.69) is 32.7 Å². The van der Waals surface area contributed by atoms with E-state index in [9.17, 15) is 18.0 Å². The maximum absolute atomic E-state index is 12.6. The number of hydrogen-bond acceptors (Lipinski definition) is 4. The highest BCUT2D eigenvalue weighted by Crippen LogP contribution is 2.29. The van der Waals surface area contributed by atoms with Crippen molar-refractivity contribution >= 4 is 5.91 Å². The summed E-state index contributed by atoms with van der Waals surface area (Å²) in [6.07, 6.45) is -4.41. The Balaban J connectivity index is 1.89. The second-order valence-corrected chi connectivity index (χ2v) is 4.54. The van der Waals surface area contributed by atoms with E-state index in [1.165, 1.54) is 16.8 Å². The summed E-state index contributed by atoms with van der Waals surface area (Å²) in [5.41, 5.74) is -0.534. The van der Waals surface area contributed by atoms with E-state index in [1.807, 2.05) is 0 Å². The maximum atomic E-state index is 12.6. The van der Waals surface area contributed by atoms with Crippen LogP contribution in [-0.2, 0) is 17.5 Å². The Morgan fingerprint density at radius 1 is 1.39 bits per heavy atom. The molecule has 0 aliphatic rings. The van der Waals surface area contributed by atoms with Gasteiger partial charge in [-0.3, -0.25) is 4.79 Å². The molecule has 120 valence electrons. The number of benzene rings is 1. The zero-order valence-electron chi connectivity index (χ0n) is 12.1. The molecule has 0 unspecified atom stereocenters. The van der Waals surface area contributed by atoms with Crippen LogP contribution < -0.4 is 5.32 Å². The van der Waals surface area contributed by atoms with Gasteiger partial charge in [-0.05, 0) is 35.5 Å². The number of tetrazole rings is 1. The summed E-state index contributed by atoms with van der Waals surface area (Å²) in [6, 6.07) is 4.68. The topological polar surface area (TPSA) is 72.7 Å². The third-order valence-electron chi connectivity index (χ3n) is 2.80. The van der Waals surface area contributed by atoms with E-state index in [1.54, 1.807) is 6.92 Å². The smallest absolute Gasteiger partial charge is 0.344 e. The van der Waals surface area contributed by atoms with Crippen LogP contribution in [0, 0.1) is 18.8 Å². The van der Waals surface area contributed by atoms with Gasteiger partial charge in [-0.2, -0.15) is 13.2 Å². The average Bonchev–Trinajstić information content (AvgIpc) is 2.88. The van der Waals surface area contributed by atoms with Crippen molar-refractivity contribution in [3.8, 4) is 11.8 Å². The largest absolute Gasteiger partial charge is 0.416 e. The number of halogens is 3. The lowest BCUT2D eigenvalue weighted by Crippen LogP contribution is -2.28. The molecular formula is C14H12F3N5O. The van der Waals surface area contributed by atoms with Crippen molar-refractivity contribution in [2.24, 2.45) is 0 Å². The number of aryl methyl sites for hydroxylation is 1. The zero-order chi connectivity index (χ0) is 16.9. The highest BCUT2D eigenvalue weighted by molar-refractivity contribution is 5.75. The van der Waals surface area contributed by atoms with E-state index in [4.69, 9.17) is 0 Å². The van der Waals surface area contributed by atoms with Gasteiger partial charge in [-0.15, -0.1) is 5.10 Å². The van der Waals surface area contributed by atoms with Crippen LogP contribution in [0.2, 0.25) is 0 Å². The van der Waals surface area contributed by atoms with Gasteiger partial charge in [-0.25, -0.2) is 4.68 Å². The molecule has 9 heteroatoms. The quantitative estimate of drug-likeness (QED) is 0.861. The van der Waals surface area contributed by atoms with Gasteiger partial charge in [-0.1, -0.05) is 17.9 Å². The molecule has 1 aromatic heterocycles. The number of rotatable bonds is 3. The maximum Gasteiger partial charge on any atom is 0.416 e. The van der Waals surface area contributed by atoms with Gasteiger partial charge >= 0.3 is 6.18 Å². The molecule has 1 aromatic carbocycles. The molecule has 0 aliphatic carbocycles. The number of carbonyl (C=O) groups is 1. The van der Waals surface area contributed by atoms with E-state index in [-0.39, 0.29) is 24.6 Å². The Bertz CT molecular complexity index is 758. The van der Waals surface area contributed by atoms with Gasteiger partial charge < -0.3 is 5.32 Å². The molecule has 1 heterocycles. The average molecular weight is 323 g/mol. The summed E-state index contributed by atoms with van der Waals surface area (Å²) in [5, 5.41) is 13.2. The minimum atomic E-state index is -4.41. The lowest BCUT2D eigenvalue weighted by molar-refractivity contribution is -0.137. The van der Waals surface area contributed by atoms with Crippen molar-refractivity contribution in [2.45, 2.75) is 19.6 Å². The van der Waals surface area contributed by atoms with Crippen LogP contribution in [-0.4, -0.2) is 32.7 Å². The van der Waals surface area contributed by atoms with Gasteiger partial charge in [0.25, 0.3) is 0 Å². The van der Waals surface area contributed by atoms with Crippen LogP contribution in [0.1, 0.15) is 17.0 Å². The molecule has 0 bridgehead atoms. The van der Waals surface area contributed by atoms with Crippen LogP contribution in [0.25, 0.3) is 0 Å². The fourth-order valence-corrected chi connectivity index (χ4v) is 1.65. The standard InChI is InChI=1S/C14H12F3N5O/c1-10-19-20-21-22(10)9-13(23)18-7-3-5-11-4-2-6-12(8-11)14(15,16)17/h2,4,6,8H,7,9H2,1H3,(H,18,23). The molecule has 0 aliphatic heterocycles. The minimum Gasteiger partial charge on any atom is -0.344 e. The van der Waals surface area contributed by atoms with Gasteiger partial charge in [0.2, 0.25) is 5.91 Å². The first-order valence-electron chi connectivity index (χ1n) is 6.52. The van der Waals surface area contributed by atoms with Crippen molar-refractivity contribution < 1.29 is 18.0 Å². The SMILES string of the molecule is Cc1nnnn1CC(=O)NCC#Cc1cccc(C(F)(F)F)c1. The predicted molar refractivity (Wildman–Crippen MR) is 73.9 cm³/mol. The Labute approximate surface area is 129 Å². The third kappa shape index (κ3) is 4.81. The van der Waals surface area contributed by atoms with Crippen molar-refractivity contribution in [3.05, 3.63) is 41.2 Å². The molecule has 0 saturated heterocycles. The number of carbonyl (C=O) groups excluding carboxylic acids is 1. The Kier molecular flexibility index (Phi) is 4.95. The minimum absolute atomic E-state index is 0.0102. The molecule has 23 heavy (non-hydrogen) atoms. The fourth-order valence-electron chi connectivity index (χ4n) is 1.65. The molecule has 0 fully saturated rings. The van der Waals surface area contributed by atoms with Crippen LogP contribution in [0.3, 0.4) is 0 Å². The first-order valence-corrected chi connectivity index (χ1v) is 6.52. The first-order chi connectivity index (χ1) is 10.9. The lowest BCUT2D eigenvalue weighted by Gasteiger charge is -2.05. The lowest BCUT2D eigenvalue weighted by atomic mass is 10.1. The molecular weight excluding hydrogens is 311 g/mol. The molecule has 0 radical (unpaired) electrons. The Morgan fingerprint density at radius 3 is 2.83 bits per heavy atom. The molecule has 0 atom stereocenters. The summed E-state index contributed by atoms with van der Waals surface area (Å²) >= 11 is 0. The summed E-state index contributed by atoms with van der Waals surface area (Å²) in [6.45, 7) is 1.61. The monoisotopic (exact) mass is 323 g/mol. The van der Waals surface area contributed by atoms with E-state index in [0.29, 0.717) is 5.82 Å². The van der Waals surface area contributed by atoms with Crippen molar-refractivity contribution in [1.29, 1.82) is 0 Å². The third-order valence-corrected chi connectivity index (χ3v) is 2.80. The van der Waals surface area contributed by atoms with Crippen molar-refractivity contribution in [1.82, 2.24) is 25.5 Å². The summed E-state index contributed by atoms with van der Waals surface area (Å²) in [4.78, 5) is 11.6. The van der Waals surface area contributed by atoms with Crippen LogP contribution in [0.5, 0.6) is 0 Å². The van der Waals surface area contributed by atoms with Gasteiger partial charge in [0, 0.05) is 5.56 Å². The molecule has 1 amide bonds. The van der Waals surface area contributed by atoms with Gasteiger partial charge in [0.15, 0.2) is 0 Å². The highest BCUT2D eigenvalue weighted by Gasteiger charge is 2.30. The Hall–Kier alpha value is -2.89. The molecule has 2 aromatic rings.